The van der Waals surface area contributed by atoms with E-state index in [0.29, 0.717) is 23.9 Å². The Morgan fingerprint density at radius 2 is 1.59 bits per heavy atom. The Hall–Kier alpha value is -1.73. The van der Waals surface area contributed by atoms with Gasteiger partial charge < -0.3 is 19.5 Å². The van der Waals surface area contributed by atoms with Crippen molar-refractivity contribution >= 4 is 24.8 Å². The summed E-state index contributed by atoms with van der Waals surface area (Å²) in [6.45, 7) is 3.21. The van der Waals surface area contributed by atoms with E-state index in [1.807, 2.05) is 36.4 Å². The molecule has 0 amide bonds. The lowest BCUT2D eigenvalue weighted by atomic mass is 10.0. The number of alkyl halides is 1. The van der Waals surface area contributed by atoms with Gasteiger partial charge in [0.05, 0.1) is 20.3 Å². The van der Waals surface area contributed by atoms with E-state index in [9.17, 15) is 4.39 Å². The topological polar surface area (TPSA) is 43.0 Å². The van der Waals surface area contributed by atoms with E-state index in [4.69, 9.17) is 14.2 Å². The lowest BCUT2D eigenvalue weighted by Crippen LogP contribution is -2.45. The maximum Gasteiger partial charge on any atom is 0.164 e. The van der Waals surface area contributed by atoms with Gasteiger partial charge in [0, 0.05) is 37.8 Å². The molecule has 2 aromatic carbocycles. The van der Waals surface area contributed by atoms with Gasteiger partial charge >= 0.3 is 0 Å². The van der Waals surface area contributed by atoms with Crippen molar-refractivity contribution in [2.24, 2.45) is 0 Å². The van der Waals surface area contributed by atoms with Crippen molar-refractivity contribution < 1.29 is 18.6 Å². The minimum atomic E-state index is -0.489. The third-order valence-electron chi connectivity index (χ3n) is 4.85. The molecule has 162 valence electrons. The SMILES string of the molecule is COc1cc(OCc2ccccc2)c([C@H](CF)N2CCNCC2)cc1OC.Cl.Cl. The molecule has 1 saturated heterocycles. The molecule has 0 saturated carbocycles. The van der Waals surface area contributed by atoms with Gasteiger partial charge in [-0.1, -0.05) is 30.3 Å². The quantitative estimate of drug-likeness (QED) is 0.662. The molecule has 0 radical (unpaired) electrons. The van der Waals surface area contributed by atoms with Crippen molar-refractivity contribution in [3.8, 4) is 17.2 Å². The Kier molecular flexibility index (Phi) is 11.1. The second-order valence-electron chi connectivity index (χ2n) is 6.48. The van der Waals surface area contributed by atoms with Crippen LogP contribution >= 0.6 is 24.8 Å². The van der Waals surface area contributed by atoms with E-state index in [0.717, 1.165) is 37.3 Å². The summed E-state index contributed by atoms with van der Waals surface area (Å²) in [5.74, 6) is 1.77. The first-order chi connectivity index (χ1) is 13.3. The van der Waals surface area contributed by atoms with Crippen molar-refractivity contribution in [1.82, 2.24) is 10.2 Å². The first-order valence-corrected chi connectivity index (χ1v) is 9.20. The monoisotopic (exact) mass is 446 g/mol. The first-order valence-electron chi connectivity index (χ1n) is 9.20. The highest BCUT2D eigenvalue weighted by Gasteiger charge is 2.27. The summed E-state index contributed by atoms with van der Waals surface area (Å²) in [5, 5.41) is 3.31. The van der Waals surface area contributed by atoms with Crippen LogP contribution in [0.1, 0.15) is 17.2 Å². The van der Waals surface area contributed by atoms with Crippen molar-refractivity contribution in [1.29, 1.82) is 0 Å². The Morgan fingerprint density at radius 3 is 2.17 bits per heavy atom. The van der Waals surface area contributed by atoms with Gasteiger partial charge in [0.2, 0.25) is 0 Å². The lowest BCUT2D eigenvalue weighted by molar-refractivity contribution is 0.143. The highest BCUT2D eigenvalue weighted by molar-refractivity contribution is 5.85. The zero-order valence-electron chi connectivity index (χ0n) is 16.7. The molecule has 0 aromatic heterocycles. The first kappa shape index (κ1) is 25.3. The van der Waals surface area contributed by atoms with Crippen molar-refractivity contribution in [3.63, 3.8) is 0 Å². The summed E-state index contributed by atoms with van der Waals surface area (Å²) in [7, 11) is 3.17. The molecule has 0 unspecified atom stereocenters. The summed E-state index contributed by atoms with van der Waals surface area (Å²) in [6.07, 6.45) is 0. The van der Waals surface area contributed by atoms with E-state index < -0.39 is 6.67 Å². The van der Waals surface area contributed by atoms with Crippen LogP contribution in [0.2, 0.25) is 0 Å². The Morgan fingerprint density at radius 1 is 0.966 bits per heavy atom. The van der Waals surface area contributed by atoms with Crippen molar-refractivity contribution in [3.05, 3.63) is 53.6 Å². The Labute approximate surface area is 184 Å². The van der Waals surface area contributed by atoms with Gasteiger partial charge in [-0.25, -0.2) is 4.39 Å². The molecule has 0 bridgehead atoms. The van der Waals surface area contributed by atoms with Crippen LogP contribution in [0.3, 0.4) is 0 Å². The molecule has 1 atom stereocenters. The van der Waals surface area contributed by atoms with E-state index >= 15 is 0 Å². The van der Waals surface area contributed by atoms with Gasteiger partial charge in [0.25, 0.3) is 0 Å². The van der Waals surface area contributed by atoms with Crippen LogP contribution in [0.25, 0.3) is 0 Å². The molecule has 2 aromatic rings. The van der Waals surface area contributed by atoms with Crippen LogP contribution in [-0.2, 0) is 6.61 Å². The van der Waals surface area contributed by atoms with Crippen LogP contribution in [0.15, 0.2) is 42.5 Å². The van der Waals surface area contributed by atoms with Crippen LogP contribution in [0.4, 0.5) is 4.39 Å². The Balaban J connectivity index is 0.00000210. The summed E-state index contributed by atoms with van der Waals surface area (Å²) in [6, 6.07) is 13.2. The second kappa shape index (κ2) is 12.8. The number of ether oxygens (including phenoxy) is 3. The van der Waals surface area contributed by atoms with Crippen molar-refractivity contribution in [2.45, 2.75) is 12.6 Å². The van der Waals surface area contributed by atoms with Gasteiger partial charge in [-0.3, -0.25) is 4.90 Å². The molecule has 1 fully saturated rings. The number of hydrogen-bond acceptors (Lipinski definition) is 5. The smallest absolute Gasteiger partial charge is 0.164 e. The summed E-state index contributed by atoms with van der Waals surface area (Å²) in [4.78, 5) is 2.15. The van der Waals surface area contributed by atoms with E-state index in [1.165, 1.54) is 0 Å². The Bertz CT molecular complexity index is 731. The minimum Gasteiger partial charge on any atom is -0.493 e. The number of piperazine rings is 1. The van der Waals surface area contributed by atoms with E-state index in [2.05, 4.69) is 10.2 Å². The van der Waals surface area contributed by atoms with E-state index in [-0.39, 0.29) is 30.9 Å². The molecule has 5 nitrogen and oxygen atoms in total. The lowest BCUT2D eigenvalue weighted by Gasteiger charge is -2.34. The number of hydrogen-bond donors (Lipinski definition) is 1. The van der Waals surface area contributed by atoms with Crippen LogP contribution in [0.5, 0.6) is 17.2 Å². The van der Waals surface area contributed by atoms with Gasteiger partial charge in [0.15, 0.2) is 11.5 Å². The summed E-state index contributed by atoms with van der Waals surface area (Å²) in [5.41, 5.74) is 1.84. The molecular weight excluding hydrogens is 418 g/mol. The zero-order chi connectivity index (χ0) is 19.1. The minimum absolute atomic E-state index is 0. The predicted molar refractivity (Wildman–Crippen MR) is 118 cm³/mol. The molecule has 3 rings (SSSR count). The van der Waals surface area contributed by atoms with Crippen molar-refractivity contribution in [2.75, 3.05) is 47.1 Å². The number of nitrogens with zero attached hydrogens (tertiary/aromatic N) is 1. The zero-order valence-corrected chi connectivity index (χ0v) is 18.4. The number of rotatable bonds is 8. The molecule has 1 aliphatic heterocycles. The standard InChI is InChI=1S/C21H27FN2O3.2ClH/c1-25-20-12-17(18(14-22)24-10-8-23-9-11-24)19(13-21(20)26-2)27-15-16-6-4-3-5-7-16;;/h3-7,12-13,18,23H,8-11,14-15H2,1-2H3;2*1H/t18-;;/m0../s1. The predicted octanol–water partition coefficient (Wildman–Crippen LogP) is 4.04. The number of methoxy groups -OCH3 is 2. The highest BCUT2D eigenvalue weighted by atomic mass is 35.5. The summed E-state index contributed by atoms with van der Waals surface area (Å²) < 4.78 is 31.1. The normalized spacial score (nSPS) is 14.9. The fourth-order valence-corrected chi connectivity index (χ4v) is 3.37. The number of nitrogens with one attached hydrogen (secondary N) is 1. The van der Waals surface area contributed by atoms with Crippen LogP contribution in [-0.4, -0.2) is 52.0 Å². The van der Waals surface area contributed by atoms with Crippen LogP contribution in [0, 0.1) is 0 Å². The molecule has 0 aliphatic carbocycles. The molecule has 1 aliphatic rings. The fourth-order valence-electron chi connectivity index (χ4n) is 3.37. The molecule has 1 N–H and O–H groups in total. The largest absolute Gasteiger partial charge is 0.493 e. The second-order valence-corrected chi connectivity index (χ2v) is 6.48. The third kappa shape index (κ3) is 6.37. The fraction of sp³-hybridized carbons (Fsp3) is 0.429. The van der Waals surface area contributed by atoms with Crippen LogP contribution < -0.4 is 19.5 Å². The molecule has 1 heterocycles. The van der Waals surface area contributed by atoms with E-state index in [1.54, 1.807) is 20.3 Å². The van der Waals surface area contributed by atoms with Gasteiger partial charge in [-0.15, -0.1) is 24.8 Å². The van der Waals surface area contributed by atoms with Gasteiger partial charge in [-0.05, 0) is 11.6 Å². The molecule has 0 spiro atoms. The summed E-state index contributed by atoms with van der Waals surface area (Å²) >= 11 is 0. The molecular formula is C21H29Cl2FN2O3. The molecule has 29 heavy (non-hydrogen) atoms. The maximum absolute atomic E-state index is 14.1. The van der Waals surface area contributed by atoms with Gasteiger partial charge in [0.1, 0.15) is 19.0 Å². The maximum atomic E-state index is 14.1. The average molecular weight is 447 g/mol. The third-order valence-corrected chi connectivity index (χ3v) is 4.85. The number of halogens is 3. The number of benzene rings is 2. The van der Waals surface area contributed by atoms with Gasteiger partial charge in [-0.2, -0.15) is 0 Å². The molecule has 8 heteroatoms. The highest BCUT2D eigenvalue weighted by Crippen LogP contribution is 2.40. The average Bonchev–Trinajstić information content (AvgIpc) is 2.74.